The molecule has 0 unspecified atom stereocenters. The molecule has 6 heterocycles. The maximum Gasteiger partial charge on any atom is 0.328 e. The molecule has 56 heavy (non-hydrogen) atoms. The van der Waals surface area contributed by atoms with Crippen molar-refractivity contribution in [1.82, 2.24) is 34.7 Å². The summed E-state index contributed by atoms with van der Waals surface area (Å²) in [6.07, 6.45) is 9.12. The van der Waals surface area contributed by atoms with Crippen LogP contribution < -0.4 is 21.2 Å². The Kier molecular flexibility index (Phi) is 9.69. The van der Waals surface area contributed by atoms with Crippen molar-refractivity contribution in [2.24, 2.45) is 14.1 Å². The number of hydrogen-bond acceptors (Lipinski definition) is 10. The molecule has 0 spiro atoms. The fraction of sp³-hybridized carbons (Fsp3) is 0.310. The van der Waals surface area contributed by atoms with Gasteiger partial charge < -0.3 is 19.4 Å². The van der Waals surface area contributed by atoms with Crippen molar-refractivity contribution in [3.05, 3.63) is 99.7 Å². The van der Waals surface area contributed by atoms with Crippen LogP contribution >= 0.6 is 0 Å². The number of fused-ring (bicyclic) bond motifs is 2. The van der Waals surface area contributed by atoms with E-state index in [-0.39, 0.29) is 48.0 Å². The number of aromatic nitrogens is 5. The Labute approximate surface area is 321 Å². The number of benzene rings is 2. The van der Waals surface area contributed by atoms with Gasteiger partial charge in [0.2, 0.25) is 11.8 Å². The number of aryl methyl sites for hydroxylation is 3. The van der Waals surface area contributed by atoms with E-state index in [1.165, 1.54) is 0 Å². The van der Waals surface area contributed by atoms with Crippen molar-refractivity contribution >= 4 is 51.1 Å². The number of imide groups is 1. The third kappa shape index (κ3) is 6.81. The summed E-state index contributed by atoms with van der Waals surface area (Å²) < 4.78 is 14.7. The van der Waals surface area contributed by atoms with Gasteiger partial charge >= 0.3 is 5.69 Å². The molecular formula is C42H40N8O6. The van der Waals surface area contributed by atoms with E-state index in [2.05, 4.69) is 43.5 Å². The SMILES string of the molecule is Cc1cc(-c2ncc(N(C)c3cc(C4CCOCC4)c4c(c3)n(C)c(=O)n4C)cn2)cnc1C(=O)NCC#Cc1ccc2occ([C@@H]3CCC(=O)NC3=O)c2c1. The number of carbonyl (C=O) groups is 3. The van der Waals surface area contributed by atoms with E-state index in [0.717, 1.165) is 51.8 Å². The summed E-state index contributed by atoms with van der Waals surface area (Å²) in [6.45, 7) is 3.29. The van der Waals surface area contributed by atoms with E-state index in [1.54, 1.807) is 47.1 Å². The first-order chi connectivity index (χ1) is 27.1. The van der Waals surface area contributed by atoms with Crippen LogP contribution in [0, 0.1) is 18.8 Å². The normalized spacial score (nSPS) is 16.1. The first-order valence-corrected chi connectivity index (χ1v) is 18.5. The minimum absolute atomic E-state index is 0.0636. The topological polar surface area (TPSA) is 166 Å². The number of nitrogens with zero attached hydrogens (tertiary/aromatic N) is 6. The number of hydrogen-bond donors (Lipinski definition) is 2. The molecule has 6 aromatic rings. The van der Waals surface area contributed by atoms with Crippen molar-refractivity contribution < 1.29 is 23.5 Å². The molecule has 4 aromatic heterocycles. The molecule has 3 amide bonds. The number of imidazole rings is 1. The van der Waals surface area contributed by atoms with E-state index in [0.29, 0.717) is 47.7 Å². The van der Waals surface area contributed by atoms with Crippen LogP contribution in [0.2, 0.25) is 0 Å². The van der Waals surface area contributed by atoms with Gasteiger partial charge in [-0.3, -0.25) is 33.8 Å². The van der Waals surface area contributed by atoms with Crippen molar-refractivity contribution in [2.75, 3.05) is 31.7 Å². The van der Waals surface area contributed by atoms with Gasteiger partial charge in [0.15, 0.2) is 5.82 Å². The van der Waals surface area contributed by atoms with Crippen molar-refractivity contribution in [2.45, 2.75) is 44.4 Å². The molecule has 0 aliphatic carbocycles. The van der Waals surface area contributed by atoms with Crippen LogP contribution in [-0.4, -0.2) is 68.6 Å². The molecule has 2 aliphatic rings. The lowest BCUT2D eigenvalue weighted by Crippen LogP contribution is -2.39. The van der Waals surface area contributed by atoms with Gasteiger partial charge in [-0.05, 0) is 79.6 Å². The number of ether oxygens (including phenoxy) is 1. The number of anilines is 2. The van der Waals surface area contributed by atoms with Gasteiger partial charge in [0, 0.05) is 74.7 Å². The second-order valence-electron chi connectivity index (χ2n) is 14.3. The molecule has 14 heteroatoms. The maximum absolute atomic E-state index is 13.1. The monoisotopic (exact) mass is 752 g/mol. The Morgan fingerprint density at radius 2 is 1.75 bits per heavy atom. The lowest BCUT2D eigenvalue weighted by atomic mass is 9.90. The summed E-state index contributed by atoms with van der Waals surface area (Å²) in [5.74, 6) is 5.36. The summed E-state index contributed by atoms with van der Waals surface area (Å²) in [4.78, 5) is 65.8. The molecule has 2 fully saturated rings. The average molecular weight is 753 g/mol. The van der Waals surface area contributed by atoms with E-state index in [9.17, 15) is 19.2 Å². The molecule has 0 radical (unpaired) electrons. The molecule has 2 aliphatic heterocycles. The zero-order valence-corrected chi connectivity index (χ0v) is 31.5. The predicted octanol–water partition coefficient (Wildman–Crippen LogP) is 4.75. The number of carbonyl (C=O) groups excluding carboxylic acids is 3. The van der Waals surface area contributed by atoms with Gasteiger partial charge in [-0.1, -0.05) is 11.8 Å². The second kappa shape index (κ2) is 14.9. The van der Waals surface area contributed by atoms with Crippen LogP contribution in [-0.2, 0) is 28.4 Å². The quantitative estimate of drug-likeness (QED) is 0.172. The Morgan fingerprint density at radius 1 is 0.964 bits per heavy atom. The lowest BCUT2D eigenvalue weighted by Gasteiger charge is -2.26. The molecule has 0 saturated carbocycles. The van der Waals surface area contributed by atoms with E-state index >= 15 is 0 Å². The number of furan rings is 1. The highest BCUT2D eigenvalue weighted by Crippen LogP contribution is 2.37. The van der Waals surface area contributed by atoms with Crippen molar-refractivity contribution in [3.8, 4) is 23.2 Å². The Morgan fingerprint density at radius 3 is 2.50 bits per heavy atom. The first kappa shape index (κ1) is 36.4. The van der Waals surface area contributed by atoms with Gasteiger partial charge in [0.1, 0.15) is 11.3 Å². The predicted molar refractivity (Wildman–Crippen MR) is 210 cm³/mol. The highest BCUT2D eigenvalue weighted by atomic mass is 16.5. The molecule has 0 bridgehead atoms. The molecular weight excluding hydrogens is 713 g/mol. The van der Waals surface area contributed by atoms with E-state index in [1.807, 2.05) is 50.2 Å². The number of rotatable bonds is 7. The third-order valence-electron chi connectivity index (χ3n) is 10.8. The van der Waals surface area contributed by atoms with Gasteiger partial charge in [0.25, 0.3) is 5.91 Å². The van der Waals surface area contributed by atoms with Gasteiger partial charge in [-0.2, -0.15) is 0 Å². The third-order valence-corrected chi connectivity index (χ3v) is 10.8. The average Bonchev–Trinajstić information content (AvgIpc) is 3.73. The number of amides is 3. The molecule has 284 valence electrons. The summed E-state index contributed by atoms with van der Waals surface area (Å²) in [6, 6.07) is 11.5. The van der Waals surface area contributed by atoms with Crippen LogP contribution in [0.25, 0.3) is 33.4 Å². The standard InChI is InChI=1S/C42H40N8O6/c1-24-16-27(20-44-37(24)41(53)43-13-5-6-25-7-9-35-32(17-25)33(23-56-35)30-8-10-36(51)47-40(30)52)39-45-21-29(22-46-39)48(2)28-18-31(26-11-14-55-15-12-26)38-34(19-28)49(3)42(54)50(38)4/h7,9,16-23,26,30H,8,10-15H2,1-4H3,(H,43,53)(H,47,51,52)/t30-/m0/s1. The molecule has 1 atom stereocenters. The van der Waals surface area contributed by atoms with Gasteiger partial charge in [-0.15, -0.1) is 0 Å². The van der Waals surface area contributed by atoms with Crippen LogP contribution in [0.5, 0.6) is 0 Å². The first-order valence-electron chi connectivity index (χ1n) is 18.5. The largest absolute Gasteiger partial charge is 0.464 e. The van der Waals surface area contributed by atoms with Crippen LogP contribution in [0.1, 0.15) is 70.3 Å². The zero-order valence-electron chi connectivity index (χ0n) is 31.5. The molecule has 2 aromatic carbocycles. The fourth-order valence-electron chi connectivity index (χ4n) is 7.65. The van der Waals surface area contributed by atoms with Crippen molar-refractivity contribution in [3.63, 3.8) is 0 Å². The maximum atomic E-state index is 13.1. The highest BCUT2D eigenvalue weighted by molar-refractivity contribution is 6.03. The highest BCUT2D eigenvalue weighted by Gasteiger charge is 2.30. The molecule has 8 rings (SSSR count). The summed E-state index contributed by atoms with van der Waals surface area (Å²) >= 11 is 0. The van der Waals surface area contributed by atoms with E-state index < -0.39 is 5.92 Å². The van der Waals surface area contributed by atoms with Crippen LogP contribution in [0.4, 0.5) is 11.4 Å². The van der Waals surface area contributed by atoms with E-state index in [4.69, 9.17) is 9.15 Å². The lowest BCUT2D eigenvalue weighted by molar-refractivity contribution is -0.134. The van der Waals surface area contributed by atoms with Crippen LogP contribution in [0.3, 0.4) is 0 Å². The van der Waals surface area contributed by atoms with Crippen LogP contribution in [0.15, 0.2) is 70.5 Å². The Balaban J connectivity index is 0.937. The zero-order chi connectivity index (χ0) is 39.1. The molecule has 14 nitrogen and oxygen atoms in total. The number of pyridine rings is 1. The molecule has 2 N–H and O–H groups in total. The smallest absolute Gasteiger partial charge is 0.328 e. The summed E-state index contributed by atoms with van der Waals surface area (Å²) in [5, 5.41) is 5.97. The van der Waals surface area contributed by atoms with Gasteiger partial charge in [0.05, 0.1) is 47.8 Å². The van der Waals surface area contributed by atoms with Crippen molar-refractivity contribution in [1.29, 1.82) is 0 Å². The second-order valence-corrected chi connectivity index (χ2v) is 14.3. The van der Waals surface area contributed by atoms with Gasteiger partial charge in [-0.25, -0.2) is 14.8 Å². The number of nitrogens with one attached hydrogen (secondary N) is 2. The molecule has 2 saturated heterocycles. The minimum Gasteiger partial charge on any atom is -0.464 e. The number of piperidine rings is 1. The minimum atomic E-state index is -0.470. The summed E-state index contributed by atoms with van der Waals surface area (Å²) in [7, 11) is 5.58. The Bertz CT molecular complexity index is 2660. The fourth-order valence-corrected chi connectivity index (χ4v) is 7.65. The summed E-state index contributed by atoms with van der Waals surface area (Å²) in [5.41, 5.74) is 8.22. The Hall–Kier alpha value is -6.59.